The third kappa shape index (κ3) is 4.13. The minimum atomic E-state index is 0.0381. The maximum atomic E-state index is 11.7. The highest BCUT2D eigenvalue weighted by Gasteiger charge is 2.05. The second-order valence-corrected chi connectivity index (χ2v) is 5.67. The number of amides is 1. The van der Waals surface area contributed by atoms with Crippen molar-refractivity contribution in [1.82, 2.24) is 15.3 Å². The Bertz CT molecular complexity index is 532. The number of carbonyl (C=O) groups excluding carboxylic acids is 1. The number of hydrogen-bond donors (Lipinski definition) is 1. The molecule has 0 atom stereocenters. The third-order valence-corrected chi connectivity index (χ3v) is 3.98. The Kier molecular flexibility index (Phi) is 4.63. The van der Waals surface area contributed by atoms with Gasteiger partial charge in [0.2, 0.25) is 5.91 Å². The van der Waals surface area contributed by atoms with Crippen LogP contribution in [0, 0.1) is 13.8 Å². The highest BCUT2D eigenvalue weighted by atomic mass is 32.1. The molecule has 4 nitrogen and oxygen atoms in total. The van der Waals surface area contributed by atoms with Crippen molar-refractivity contribution in [2.75, 3.05) is 6.54 Å². The topological polar surface area (TPSA) is 54.9 Å². The average molecular weight is 275 g/mol. The van der Waals surface area contributed by atoms with Crippen molar-refractivity contribution in [3.05, 3.63) is 45.7 Å². The van der Waals surface area contributed by atoms with E-state index in [9.17, 15) is 4.79 Å². The Labute approximate surface area is 116 Å². The first-order valence-electron chi connectivity index (χ1n) is 6.23. The number of pyridine rings is 1. The van der Waals surface area contributed by atoms with E-state index in [1.54, 1.807) is 23.7 Å². The lowest BCUT2D eigenvalue weighted by Crippen LogP contribution is -2.27. The molecule has 2 rings (SSSR count). The molecule has 0 saturated carbocycles. The fraction of sp³-hybridized carbons (Fsp3) is 0.357. The van der Waals surface area contributed by atoms with E-state index in [4.69, 9.17) is 0 Å². The van der Waals surface area contributed by atoms with Gasteiger partial charge in [0.1, 0.15) is 0 Å². The average Bonchev–Trinajstić information content (AvgIpc) is 2.70. The maximum Gasteiger partial charge on any atom is 0.224 e. The Morgan fingerprint density at radius 1 is 1.32 bits per heavy atom. The number of carbonyl (C=O) groups is 1. The molecule has 2 aromatic rings. The lowest BCUT2D eigenvalue weighted by atomic mass is 10.2. The van der Waals surface area contributed by atoms with E-state index in [1.165, 1.54) is 4.88 Å². The van der Waals surface area contributed by atoms with Crippen LogP contribution in [0.1, 0.15) is 21.1 Å². The van der Waals surface area contributed by atoms with Gasteiger partial charge < -0.3 is 5.32 Å². The summed E-state index contributed by atoms with van der Waals surface area (Å²) < 4.78 is 0. The van der Waals surface area contributed by atoms with Gasteiger partial charge in [0.15, 0.2) is 0 Å². The third-order valence-electron chi connectivity index (χ3n) is 2.85. The van der Waals surface area contributed by atoms with E-state index in [0.717, 1.165) is 22.7 Å². The van der Waals surface area contributed by atoms with E-state index in [0.29, 0.717) is 13.0 Å². The largest absolute Gasteiger partial charge is 0.355 e. The molecule has 0 unspecified atom stereocenters. The molecule has 1 amide bonds. The molecular formula is C14H17N3OS. The van der Waals surface area contributed by atoms with Crippen molar-refractivity contribution in [3.8, 4) is 0 Å². The van der Waals surface area contributed by atoms with Gasteiger partial charge in [-0.2, -0.15) is 0 Å². The Morgan fingerprint density at radius 2 is 2.05 bits per heavy atom. The molecule has 19 heavy (non-hydrogen) atoms. The summed E-state index contributed by atoms with van der Waals surface area (Å²) in [4.78, 5) is 21.4. The van der Waals surface area contributed by atoms with E-state index >= 15 is 0 Å². The Hall–Kier alpha value is -1.75. The quantitative estimate of drug-likeness (QED) is 0.908. The van der Waals surface area contributed by atoms with Gasteiger partial charge >= 0.3 is 0 Å². The van der Waals surface area contributed by atoms with Crippen LogP contribution in [-0.2, 0) is 17.6 Å². The number of rotatable bonds is 5. The zero-order valence-electron chi connectivity index (χ0n) is 11.1. The lowest BCUT2D eigenvalue weighted by Gasteiger charge is -2.03. The van der Waals surface area contributed by atoms with Gasteiger partial charge in [0.05, 0.1) is 17.1 Å². The van der Waals surface area contributed by atoms with Crippen LogP contribution in [0.4, 0.5) is 0 Å². The summed E-state index contributed by atoms with van der Waals surface area (Å²) in [6, 6.07) is 3.71. The molecular weight excluding hydrogens is 258 g/mol. The van der Waals surface area contributed by atoms with Gasteiger partial charge in [-0.25, -0.2) is 4.98 Å². The number of nitrogens with zero attached hydrogens (tertiary/aromatic N) is 2. The first-order chi connectivity index (χ1) is 9.15. The molecule has 0 aliphatic rings. The fourth-order valence-corrected chi connectivity index (χ4v) is 2.64. The highest BCUT2D eigenvalue weighted by Crippen LogP contribution is 2.16. The first kappa shape index (κ1) is 13.7. The standard InChI is InChI=1S/C14H17N3OS/c1-10-11(2)19-14(17-10)5-8-16-13(18)9-12-3-6-15-7-4-12/h3-4,6-7H,5,8-9H2,1-2H3,(H,16,18). The first-order valence-corrected chi connectivity index (χ1v) is 7.05. The van der Waals surface area contributed by atoms with E-state index in [2.05, 4.69) is 22.2 Å². The van der Waals surface area contributed by atoms with E-state index in [-0.39, 0.29) is 5.91 Å². The molecule has 5 heteroatoms. The molecule has 0 radical (unpaired) electrons. The number of thiazole rings is 1. The zero-order chi connectivity index (χ0) is 13.7. The summed E-state index contributed by atoms with van der Waals surface area (Å²) in [5, 5.41) is 4.00. The van der Waals surface area contributed by atoms with Crippen LogP contribution in [0.5, 0.6) is 0 Å². The minimum Gasteiger partial charge on any atom is -0.355 e. The second kappa shape index (κ2) is 6.43. The summed E-state index contributed by atoms with van der Waals surface area (Å²) in [6.07, 6.45) is 4.59. The van der Waals surface area contributed by atoms with Gasteiger partial charge in [-0.05, 0) is 31.5 Å². The van der Waals surface area contributed by atoms with Crippen molar-refractivity contribution in [2.24, 2.45) is 0 Å². The predicted molar refractivity (Wildman–Crippen MR) is 76.2 cm³/mol. The van der Waals surface area contributed by atoms with Gasteiger partial charge in [-0.1, -0.05) is 0 Å². The summed E-state index contributed by atoms with van der Waals surface area (Å²) in [5.74, 6) is 0.0381. The summed E-state index contributed by atoms with van der Waals surface area (Å²) in [6.45, 7) is 4.71. The molecule has 0 fully saturated rings. The van der Waals surface area contributed by atoms with Crippen molar-refractivity contribution in [1.29, 1.82) is 0 Å². The van der Waals surface area contributed by atoms with Crippen LogP contribution in [-0.4, -0.2) is 22.4 Å². The number of hydrogen-bond acceptors (Lipinski definition) is 4. The van der Waals surface area contributed by atoms with Crippen LogP contribution in [0.3, 0.4) is 0 Å². The molecule has 0 bridgehead atoms. The van der Waals surface area contributed by atoms with Crippen LogP contribution in [0.15, 0.2) is 24.5 Å². The molecule has 0 aliphatic carbocycles. The van der Waals surface area contributed by atoms with Crippen molar-refractivity contribution in [3.63, 3.8) is 0 Å². The highest BCUT2D eigenvalue weighted by molar-refractivity contribution is 7.11. The maximum absolute atomic E-state index is 11.7. The molecule has 1 N–H and O–H groups in total. The molecule has 0 aromatic carbocycles. The molecule has 0 spiro atoms. The summed E-state index contributed by atoms with van der Waals surface area (Å²) in [7, 11) is 0. The number of aromatic nitrogens is 2. The monoisotopic (exact) mass is 275 g/mol. The van der Waals surface area contributed by atoms with Gasteiger partial charge in [-0.15, -0.1) is 11.3 Å². The van der Waals surface area contributed by atoms with E-state index < -0.39 is 0 Å². The lowest BCUT2D eigenvalue weighted by molar-refractivity contribution is -0.120. The van der Waals surface area contributed by atoms with Crippen LogP contribution >= 0.6 is 11.3 Å². The predicted octanol–water partition coefficient (Wildman–Crippen LogP) is 2.06. The number of nitrogens with one attached hydrogen (secondary N) is 1. The van der Waals surface area contributed by atoms with Gasteiger partial charge in [0, 0.05) is 30.2 Å². The second-order valence-electron chi connectivity index (χ2n) is 4.38. The van der Waals surface area contributed by atoms with Crippen molar-refractivity contribution >= 4 is 17.2 Å². The summed E-state index contributed by atoms with van der Waals surface area (Å²) in [5.41, 5.74) is 2.07. The number of aryl methyl sites for hydroxylation is 2. The summed E-state index contributed by atoms with van der Waals surface area (Å²) >= 11 is 1.70. The SMILES string of the molecule is Cc1nc(CCNC(=O)Cc2ccncc2)sc1C. The fourth-order valence-electron chi connectivity index (χ4n) is 1.70. The Morgan fingerprint density at radius 3 is 2.68 bits per heavy atom. The zero-order valence-corrected chi connectivity index (χ0v) is 12.0. The molecule has 2 heterocycles. The smallest absolute Gasteiger partial charge is 0.224 e. The Balaban J connectivity index is 1.75. The minimum absolute atomic E-state index is 0.0381. The molecule has 100 valence electrons. The molecule has 0 aliphatic heterocycles. The van der Waals surface area contributed by atoms with Crippen LogP contribution < -0.4 is 5.32 Å². The van der Waals surface area contributed by atoms with Crippen molar-refractivity contribution < 1.29 is 4.79 Å². The van der Waals surface area contributed by atoms with E-state index in [1.807, 2.05) is 19.1 Å². The van der Waals surface area contributed by atoms with Gasteiger partial charge in [-0.3, -0.25) is 9.78 Å². The molecule has 2 aromatic heterocycles. The molecule has 0 saturated heterocycles. The van der Waals surface area contributed by atoms with Crippen LogP contribution in [0.2, 0.25) is 0 Å². The van der Waals surface area contributed by atoms with Crippen LogP contribution in [0.25, 0.3) is 0 Å². The normalized spacial score (nSPS) is 10.4. The van der Waals surface area contributed by atoms with Gasteiger partial charge in [0.25, 0.3) is 0 Å². The van der Waals surface area contributed by atoms with Crippen molar-refractivity contribution in [2.45, 2.75) is 26.7 Å².